The number of carbonyl (C=O) groups is 1. The van der Waals surface area contributed by atoms with Crippen LogP contribution in [0.4, 0.5) is 0 Å². The Labute approximate surface area is 154 Å². The fourth-order valence-electron chi connectivity index (χ4n) is 2.49. The molecule has 0 aliphatic rings. The van der Waals surface area contributed by atoms with Crippen LogP contribution in [0.25, 0.3) is 0 Å². The number of hydrogen-bond acceptors (Lipinski definition) is 3. The molecule has 0 radical (unpaired) electrons. The van der Waals surface area contributed by atoms with Crippen LogP contribution in [0.5, 0.6) is 5.75 Å². The lowest BCUT2D eigenvalue weighted by Crippen LogP contribution is -2.37. The fraction of sp³-hybridized carbons (Fsp3) is 0.300. The van der Waals surface area contributed by atoms with E-state index >= 15 is 0 Å². The molecule has 0 fully saturated rings. The van der Waals surface area contributed by atoms with E-state index in [1.807, 2.05) is 48.5 Å². The molecule has 0 atom stereocenters. The smallest absolute Gasteiger partial charge is 0.251 e. The predicted octanol–water partition coefficient (Wildman–Crippen LogP) is 1.96. The van der Waals surface area contributed by atoms with Gasteiger partial charge in [-0.25, -0.2) is 0 Å². The van der Waals surface area contributed by atoms with Crippen LogP contribution in [-0.2, 0) is 13.0 Å². The molecule has 3 N–H and O–H groups in total. The van der Waals surface area contributed by atoms with Crippen molar-refractivity contribution in [2.24, 2.45) is 4.99 Å². The lowest BCUT2D eigenvalue weighted by Gasteiger charge is -2.12. The molecule has 1 amide bonds. The molecule has 0 aromatic heterocycles. The zero-order valence-corrected chi connectivity index (χ0v) is 15.5. The molecule has 0 bridgehead atoms. The number of rotatable bonds is 7. The van der Waals surface area contributed by atoms with Gasteiger partial charge in [0.15, 0.2) is 5.96 Å². The molecular formula is C20H26N4O2. The van der Waals surface area contributed by atoms with E-state index in [1.165, 1.54) is 0 Å². The fourth-order valence-corrected chi connectivity index (χ4v) is 2.49. The number of benzene rings is 2. The molecule has 0 saturated heterocycles. The maximum Gasteiger partial charge on any atom is 0.251 e. The summed E-state index contributed by atoms with van der Waals surface area (Å²) < 4.78 is 5.16. The van der Waals surface area contributed by atoms with E-state index in [0.29, 0.717) is 12.1 Å². The van der Waals surface area contributed by atoms with Gasteiger partial charge in [-0.05, 0) is 41.8 Å². The van der Waals surface area contributed by atoms with Crippen molar-refractivity contribution in [2.45, 2.75) is 13.0 Å². The Bertz CT molecular complexity index is 742. The van der Waals surface area contributed by atoms with E-state index in [2.05, 4.69) is 20.9 Å². The van der Waals surface area contributed by atoms with E-state index in [9.17, 15) is 4.79 Å². The van der Waals surface area contributed by atoms with Crippen LogP contribution in [0.1, 0.15) is 21.5 Å². The van der Waals surface area contributed by atoms with E-state index in [4.69, 9.17) is 4.74 Å². The molecule has 6 nitrogen and oxygen atoms in total. The van der Waals surface area contributed by atoms with Crippen LogP contribution in [0.2, 0.25) is 0 Å². The van der Waals surface area contributed by atoms with Gasteiger partial charge in [-0.15, -0.1) is 0 Å². The first-order valence-electron chi connectivity index (χ1n) is 8.54. The average Bonchev–Trinajstić information content (AvgIpc) is 2.70. The number of nitrogens with zero attached hydrogens (tertiary/aromatic N) is 1. The predicted molar refractivity (Wildman–Crippen MR) is 105 cm³/mol. The highest BCUT2D eigenvalue weighted by Gasteiger charge is 2.04. The monoisotopic (exact) mass is 354 g/mol. The van der Waals surface area contributed by atoms with E-state index < -0.39 is 0 Å². The first kappa shape index (κ1) is 19.3. The third kappa shape index (κ3) is 5.81. The van der Waals surface area contributed by atoms with Crippen molar-refractivity contribution >= 4 is 11.9 Å². The summed E-state index contributed by atoms with van der Waals surface area (Å²) in [6.07, 6.45) is 0.800. The van der Waals surface area contributed by atoms with Gasteiger partial charge in [0.1, 0.15) is 5.75 Å². The van der Waals surface area contributed by atoms with Crippen LogP contribution in [0.15, 0.2) is 53.5 Å². The van der Waals surface area contributed by atoms with Gasteiger partial charge >= 0.3 is 0 Å². The lowest BCUT2D eigenvalue weighted by atomic mass is 10.1. The topological polar surface area (TPSA) is 74.8 Å². The standard InChI is InChI=1S/C20H26N4O2/c1-21-19(25)17-6-4-5-15(13-17)11-12-23-20(22-2)24-14-16-7-9-18(26-3)10-8-16/h4-10,13H,11-12,14H2,1-3H3,(H,21,25)(H2,22,23,24). The second kappa shape index (κ2) is 10.1. The summed E-state index contributed by atoms with van der Waals surface area (Å²) in [5, 5.41) is 9.21. The average molecular weight is 354 g/mol. The van der Waals surface area contributed by atoms with E-state index in [-0.39, 0.29) is 5.91 Å². The minimum absolute atomic E-state index is 0.0724. The Balaban J connectivity index is 1.80. The number of ether oxygens (including phenoxy) is 1. The van der Waals surface area contributed by atoms with Crippen LogP contribution >= 0.6 is 0 Å². The zero-order chi connectivity index (χ0) is 18.8. The van der Waals surface area contributed by atoms with Crippen LogP contribution in [0, 0.1) is 0 Å². The summed E-state index contributed by atoms with van der Waals surface area (Å²) in [4.78, 5) is 15.9. The third-order valence-electron chi connectivity index (χ3n) is 3.96. The molecule has 0 saturated carbocycles. The van der Waals surface area contributed by atoms with Crippen molar-refractivity contribution < 1.29 is 9.53 Å². The molecule has 0 aliphatic carbocycles. The van der Waals surface area contributed by atoms with Crippen LogP contribution in [-0.4, -0.2) is 39.6 Å². The minimum Gasteiger partial charge on any atom is -0.497 e. The van der Waals surface area contributed by atoms with Gasteiger partial charge in [0, 0.05) is 32.7 Å². The zero-order valence-electron chi connectivity index (χ0n) is 15.5. The van der Waals surface area contributed by atoms with Gasteiger partial charge in [-0.2, -0.15) is 0 Å². The highest BCUT2D eigenvalue weighted by molar-refractivity contribution is 5.94. The van der Waals surface area contributed by atoms with Crippen molar-refractivity contribution in [1.29, 1.82) is 0 Å². The quantitative estimate of drug-likeness (QED) is 0.525. The number of hydrogen-bond donors (Lipinski definition) is 3. The number of methoxy groups -OCH3 is 1. The molecule has 2 aromatic carbocycles. The molecule has 138 valence electrons. The number of guanidine groups is 1. The van der Waals surface area contributed by atoms with Crippen molar-refractivity contribution in [3.63, 3.8) is 0 Å². The highest BCUT2D eigenvalue weighted by atomic mass is 16.5. The first-order chi connectivity index (χ1) is 12.7. The second-order valence-electron chi connectivity index (χ2n) is 5.73. The Morgan fingerprint density at radius 2 is 1.85 bits per heavy atom. The molecule has 0 unspecified atom stereocenters. The summed E-state index contributed by atoms with van der Waals surface area (Å²) in [6.45, 7) is 1.40. The molecule has 6 heteroatoms. The summed E-state index contributed by atoms with van der Waals surface area (Å²) in [5.74, 6) is 1.51. The summed E-state index contributed by atoms with van der Waals surface area (Å²) in [5.41, 5.74) is 2.92. The Morgan fingerprint density at radius 3 is 2.50 bits per heavy atom. The first-order valence-corrected chi connectivity index (χ1v) is 8.54. The van der Waals surface area contributed by atoms with Crippen LogP contribution < -0.4 is 20.7 Å². The maximum absolute atomic E-state index is 11.7. The molecule has 0 heterocycles. The highest BCUT2D eigenvalue weighted by Crippen LogP contribution is 2.11. The molecule has 2 aromatic rings. The van der Waals surface area contributed by atoms with Crippen molar-refractivity contribution in [1.82, 2.24) is 16.0 Å². The third-order valence-corrected chi connectivity index (χ3v) is 3.96. The second-order valence-corrected chi connectivity index (χ2v) is 5.73. The largest absolute Gasteiger partial charge is 0.497 e. The number of nitrogens with one attached hydrogen (secondary N) is 3. The SMILES string of the molecule is CN=C(NCCc1cccc(C(=O)NC)c1)NCc1ccc(OC)cc1. The van der Waals surface area contributed by atoms with Crippen molar-refractivity contribution in [3.8, 4) is 5.75 Å². The maximum atomic E-state index is 11.7. The Hall–Kier alpha value is -3.02. The van der Waals surface area contributed by atoms with Gasteiger partial charge < -0.3 is 20.7 Å². The molecular weight excluding hydrogens is 328 g/mol. The van der Waals surface area contributed by atoms with Crippen molar-refractivity contribution in [3.05, 3.63) is 65.2 Å². The van der Waals surface area contributed by atoms with Gasteiger partial charge in [-0.3, -0.25) is 9.79 Å². The Kier molecular flexibility index (Phi) is 7.49. The Morgan fingerprint density at radius 1 is 1.08 bits per heavy atom. The molecule has 2 rings (SSSR count). The number of amides is 1. The summed E-state index contributed by atoms with van der Waals surface area (Å²) >= 11 is 0. The number of carbonyl (C=O) groups excluding carboxylic acids is 1. The van der Waals surface area contributed by atoms with E-state index in [1.54, 1.807) is 21.2 Å². The minimum atomic E-state index is -0.0724. The van der Waals surface area contributed by atoms with Gasteiger partial charge in [0.25, 0.3) is 5.91 Å². The van der Waals surface area contributed by atoms with Gasteiger partial charge in [0.2, 0.25) is 0 Å². The molecule has 0 spiro atoms. The summed E-state index contributed by atoms with van der Waals surface area (Å²) in [7, 11) is 5.04. The number of aliphatic imine (C=N–C) groups is 1. The summed E-state index contributed by atoms with van der Waals surface area (Å²) in [6, 6.07) is 15.5. The normalized spacial score (nSPS) is 11.0. The van der Waals surface area contributed by atoms with Crippen molar-refractivity contribution in [2.75, 3.05) is 27.7 Å². The lowest BCUT2D eigenvalue weighted by molar-refractivity contribution is 0.0963. The van der Waals surface area contributed by atoms with Gasteiger partial charge in [0.05, 0.1) is 7.11 Å². The van der Waals surface area contributed by atoms with Gasteiger partial charge in [-0.1, -0.05) is 24.3 Å². The molecule has 0 aliphatic heterocycles. The molecule has 26 heavy (non-hydrogen) atoms. The van der Waals surface area contributed by atoms with E-state index in [0.717, 1.165) is 35.8 Å². The van der Waals surface area contributed by atoms with Crippen LogP contribution in [0.3, 0.4) is 0 Å².